The van der Waals surface area contributed by atoms with Crippen LogP contribution in [0.2, 0.25) is 0 Å². The Hall–Kier alpha value is -1.24. The van der Waals surface area contributed by atoms with Crippen LogP contribution in [0, 0.1) is 0 Å². The lowest BCUT2D eigenvalue weighted by Crippen LogP contribution is -2.22. The first-order valence-corrected chi connectivity index (χ1v) is 6.44. The molecule has 17 heavy (non-hydrogen) atoms. The molecule has 0 radical (unpaired) electrons. The van der Waals surface area contributed by atoms with Crippen molar-refractivity contribution in [3.63, 3.8) is 0 Å². The molecule has 0 aromatic heterocycles. The van der Waals surface area contributed by atoms with Crippen LogP contribution in [0.25, 0.3) is 5.57 Å². The van der Waals surface area contributed by atoms with E-state index in [1.54, 1.807) is 0 Å². The van der Waals surface area contributed by atoms with Crippen molar-refractivity contribution in [1.82, 2.24) is 0 Å². The Balaban J connectivity index is 2.84. The fourth-order valence-electron chi connectivity index (χ4n) is 1.80. The van der Waals surface area contributed by atoms with Crippen LogP contribution >= 0.6 is 0 Å². The second-order valence-corrected chi connectivity index (χ2v) is 5.23. The first-order chi connectivity index (χ1) is 7.96. The highest BCUT2D eigenvalue weighted by Crippen LogP contribution is 2.23. The van der Waals surface area contributed by atoms with Crippen LogP contribution in [0.5, 0.6) is 5.75 Å². The third-order valence-electron chi connectivity index (χ3n) is 2.48. The number of benzene rings is 1. The molecule has 0 N–H and O–H groups in total. The van der Waals surface area contributed by atoms with Gasteiger partial charge in [-0.2, -0.15) is 0 Å². The molecule has 0 amide bonds. The minimum Gasteiger partial charge on any atom is -0.488 e. The van der Waals surface area contributed by atoms with Gasteiger partial charge in [0.25, 0.3) is 0 Å². The molecule has 1 nitrogen and oxygen atoms in total. The summed E-state index contributed by atoms with van der Waals surface area (Å²) in [6.45, 7) is 10.6. The molecule has 0 saturated heterocycles. The molecule has 0 heterocycles. The molecule has 0 aliphatic carbocycles. The molecule has 0 spiro atoms. The molecule has 0 fully saturated rings. The second-order valence-electron chi connectivity index (χ2n) is 5.23. The molecule has 1 aromatic rings. The predicted molar refractivity (Wildman–Crippen MR) is 75.4 cm³/mol. The van der Waals surface area contributed by atoms with E-state index in [1.807, 2.05) is 0 Å². The van der Waals surface area contributed by atoms with Crippen molar-refractivity contribution in [2.45, 2.75) is 53.1 Å². The molecule has 0 bridgehead atoms. The van der Waals surface area contributed by atoms with Gasteiger partial charge >= 0.3 is 0 Å². The zero-order valence-corrected chi connectivity index (χ0v) is 11.7. The van der Waals surface area contributed by atoms with Gasteiger partial charge in [-0.1, -0.05) is 32.1 Å². The lowest BCUT2D eigenvalue weighted by Gasteiger charge is -2.21. The Morgan fingerprint density at radius 1 is 1.12 bits per heavy atom. The van der Waals surface area contributed by atoms with Crippen LogP contribution < -0.4 is 4.74 Å². The molecular formula is C16H24O. The quantitative estimate of drug-likeness (QED) is 0.704. The van der Waals surface area contributed by atoms with E-state index < -0.39 is 0 Å². The van der Waals surface area contributed by atoms with Crippen molar-refractivity contribution >= 4 is 5.57 Å². The highest BCUT2D eigenvalue weighted by Gasteiger charge is 2.11. The van der Waals surface area contributed by atoms with E-state index in [1.165, 1.54) is 11.1 Å². The summed E-state index contributed by atoms with van der Waals surface area (Å²) in [7, 11) is 0. The molecule has 94 valence electrons. The van der Waals surface area contributed by atoms with Crippen LogP contribution in [0.3, 0.4) is 0 Å². The summed E-state index contributed by atoms with van der Waals surface area (Å²) < 4.78 is 5.81. The highest BCUT2D eigenvalue weighted by atomic mass is 16.5. The van der Waals surface area contributed by atoms with Gasteiger partial charge in [0.15, 0.2) is 0 Å². The fourth-order valence-corrected chi connectivity index (χ4v) is 1.80. The molecule has 0 atom stereocenters. The van der Waals surface area contributed by atoms with Gasteiger partial charge in [-0.15, -0.1) is 0 Å². The zero-order valence-electron chi connectivity index (χ0n) is 11.7. The maximum absolute atomic E-state index is 5.81. The third-order valence-corrected chi connectivity index (χ3v) is 2.48. The van der Waals surface area contributed by atoms with Gasteiger partial charge in [-0.3, -0.25) is 0 Å². The second kappa shape index (κ2) is 5.90. The molecule has 1 aromatic carbocycles. The average Bonchev–Trinajstić information content (AvgIpc) is 2.25. The van der Waals surface area contributed by atoms with Gasteiger partial charge in [0.1, 0.15) is 11.4 Å². The number of allylic oxidation sites excluding steroid dienone is 2. The molecule has 0 aliphatic heterocycles. The van der Waals surface area contributed by atoms with E-state index in [9.17, 15) is 0 Å². The van der Waals surface area contributed by atoms with Crippen LogP contribution in [-0.2, 0) is 0 Å². The van der Waals surface area contributed by atoms with E-state index in [4.69, 9.17) is 4.74 Å². The summed E-state index contributed by atoms with van der Waals surface area (Å²) >= 11 is 0. The maximum Gasteiger partial charge on any atom is 0.120 e. The van der Waals surface area contributed by atoms with E-state index in [0.717, 1.165) is 18.6 Å². The monoisotopic (exact) mass is 232 g/mol. The zero-order chi connectivity index (χ0) is 12.9. The van der Waals surface area contributed by atoms with Crippen LogP contribution in [0.15, 0.2) is 30.3 Å². The Labute approximate surface area is 106 Å². The van der Waals surface area contributed by atoms with Crippen molar-refractivity contribution in [2.75, 3.05) is 0 Å². The Morgan fingerprint density at radius 2 is 1.71 bits per heavy atom. The number of ether oxygens (including phenoxy) is 1. The molecule has 0 saturated carbocycles. The van der Waals surface area contributed by atoms with Gasteiger partial charge in [-0.05, 0) is 56.9 Å². The van der Waals surface area contributed by atoms with Gasteiger partial charge in [0, 0.05) is 0 Å². The topological polar surface area (TPSA) is 9.23 Å². The normalized spacial score (nSPS) is 12.6. The van der Waals surface area contributed by atoms with Crippen molar-refractivity contribution in [2.24, 2.45) is 0 Å². The molecule has 0 unspecified atom stereocenters. The minimum absolute atomic E-state index is 0.131. The van der Waals surface area contributed by atoms with E-state index >= 15 is 0 Å². The first-order valence-electron chi connectivity index (χ1n) is 6.44. The van der Waals surface area contributed by atoms with Gasteiger partial charge in [-0.25, -0.2) is 0 Å². The van der Waals surface area contributed by atoms with E-state index in [-0.39, 0.29) is 5.60 Å². The number of hydrogen-bond donors (Lipinski definition) is 0. The lowest BCUT2D eigenvalue weighted by molar-refractivity contribution is 0.131. The van der Waals surface area contributed by atoms with Crippen LogP contribution in [0.4, 0.5) is 0 Å². The summed E-state index contributed by atoms with van der Waals surface area (Å²) in [6.07, 6.45) is 4.45. The summed E-state index contributed by atoms with van der Waals surface area (Å²) in [5.41, 5.74) is 2.58. The molecular weight excluding hydrogens is 208 g/mol. The van der Waals surface area contributed by atoms with E-state index in [2.05, 4.69) is 65.0 Å². The van der Waals surface area contributed by atoms with Crippen LogP contribution in [-0.4, -0.2) is 5.60 Å². The Morgan fingerprint density at radius 3 is 2.12 bits per heavy atom. The van der Waals surface area contributed by atoms with Gasteiger partial charge in [0.05, 0.1) is 0 Å². The van der Waals surface area contributed by atoms with Crippen molar-refractivity contribution < 1.29 is 4.74 Å². The Bertz CT molecular complexity index is 366. The Kier molecular flexibility index (Phi) is 4.80. The largest absolute Gasteiger partial charge is 0.488 e. The summed E-state index contributed by atoms with van der Waals surface area (Å²) in [5.74, 6) is 0.938. The first kappa shape index (κ1) is 13.8. The van der Waals surface area contributed by atoms with Crippen molar-refractivity contribution in [3.05, 3.63) is 35.9 Å². The van der Waals surface area contributed by atoms with Gasteiger partial charge in [0.2, 0.25) is 0 Å². The van der Waals surface area contributed by atoms with E-state index in [0.29, 0.717) is 0 Å². The smallest absolute Gasteiger partial charge is 0.120 e. The molecule has 0 aliphatic rings. The number of hydrogen-bond acceptors (Lipinski definition) is 1. The van der Waals surface area contributed by atoms with Gasteiger partial charge < -0.3 is 4.74 Å². The fraction of sp³-hybridized carbons (Fsp3) is 0.500. The summed E-state index contributed by atoms with van der Waals surface area (Å²) in [5, 5.41) is 0. The highest BCUT2D eigenvalue weighted by molar-refractivity contribution is 5.65. The average molecular weight is 232 g/mol. The van der Waals surface area contributed by atoms with Crippen molar-refractivity contribution in [1.29, 1.82) is 0 Å². The summed E-state index contributed by atoms with van der Waals surface area (Å²) in [6, 6.07) is 8.40. The third kappa shape index (κ3) is 4.64. The standard InChI is InChI=1S/C16H24O/c1-6-8-13(7-2)14-9-11-15(12-10-14)17-16(3,4)5/h8-12H,6-7H2,1-5H3. The van der Waals surface area contributed by atoms with Crippen molar-refractivity contribution in [3.8, 4) is 5.75 Å². The predicted octanol–water partition coefficient (Wildman–Crippen LogP) is 5.07. The SMILES string of the molecule is CCC=C(CC)c1ccc(OC(C)(C)C)cc1. The molecule has 1 heteroatoms. The molecule has 1 rings (SSSR count). The maximum atomic E-state index is 5.81. The number of rotatable bonds is 4. The minimum atomic E-state index is -0.131. The summed E-state index contributed by atoms with van der Waals surface area (Å²) in [4.78, 5) is 0. The lowest BCUT2D eigenvalue weighted by atomic mass is 10.0. The van der Waals surface area contributed by atoms with Crippen LogP contribution in [0.1, 0.15) is 53.0 Å².